The second-order valence-corrected chi connectivity index (χ2v) is 3.38. The molecular weight excluding hydrogens is 218 g/mol. The van der Waals surface area contributed by atoms with Gasteiger partial charge in [-0.1, -0.05) is 29.8 Å². The average Bonchev–Trinajstić information content (AvgIpc) is 2.36. The molecule has 0 aromatic heterocycles. The van der Waals surface area contributed by atoms with E-state index in [1.54, 1.807) is 18.2 Å². The van der Waals surface area contributed by atoms with Crippen LogP contribution in [0.2, 0.25) is 0 Å². The smallest absolute Gasteiger partial charge is 0.352 e. The number of benzene rings is 1. The van der Waals surface area contributed by atoms with Crippen LogP contribution in [0.3, 0.4) is 0 Å². The van der Waals surface area contributed by atoms with Crippen LogP contribution in [0.25, 0.3) is 5.76 Å². The van der Waals surface area contributed by atoms with Gasteiger partial charge in [0.15, 0.2) is 11.3 Å². The normalized spacial score (nSPS) is 11.2. The van der Waals surface area contributed by atoms with E-state index in [2.05, 4.69) is 4.74 Å². The first-order chi connectivity index (χ1) is 8.13. The zero-order valence-corrected chi connectivity index (χ0v) is 9.98. The molecule has 88 valence electrons. The Bertz CT molecular complexity index is 480. The fourth-order valence-electron chi connectivity index (χ4n) is 1.36. The summed E-state index contributed by atoms with van der Waals surface area (Å²) in [6, 6.07) is 9.12. The van der Waals surface area contributed by atoms with Crippen LogP contribution in [0, 0.1) is 18.3 Å². The number of hydrogen-bond donors (Lipinski definition) is 0. The molecule has 1 rings (SSSR count). The van der Waals surface area contributed by atoms with Crippen LogP contribution in [0.4, 0.5) is 0 Å². The van der Waals surface area contributed by atoms with E-state index in [1.165, 1.54) is 14.2 Å². The highest BCUT2D eigenvalue weighted by atomic mass is 16.5. The molecule has 0 N–H and O–H groups in total. The van der Waals surface area contributed by atoms with E-state index in [9.17, 15) is 4.79 Å². The number of methoxy groups -OCH3 is 2. The molecule has 1 aromatic rings. The van der Waals surface area contributed by atoms with Crippen LogP contribution >= 0.6 is 0 Å². The van der Waals surface area contributed by atoms with E-state index in [-0.39, 0.29) is 11.3 Å². The highest BCUT2D eigenvalue weighted by Crippen LogP contribution is 2.20. The first kappa shape index (κ1) is 12.8. The van der Waals surface area contributed by atoms with Gasteiger partial charge in [0.25, 0.3) is 0 Å². The molecule has 0 unspecified atom stereocenters. The summed E-state index contributed by atoms with van der Waals surface area (Å²) in [5.41, 5.74) is 1.61. The molecule has 0 radical (unpaired) electrons. The van der Waals surface area contributed by atoms with Gasteiger partial charge in [0.05, 0.1) is 14.2 Å². The van der Waals surface area contributed by atoms with Gasteiger partial charge < -0.3 is 9.47 Å². The molecule has 0 amide bonds. The number of ether oxygens (including phenoxy) is 2. The van der Waals surface area contributed by atoms with E-state index < -0.39 is 5.97 Å². The topological polar surface area (TPSA) is 59.3 Å². The van der Waals surface area contributed by atoms with Crippen molar-refractivity contribution in [3.8, 4) is 6.07 Å². The van der Waals surface area contributed by atoms with Crippen LogP contribution in [-0.2, 0) is 14.3 Å². The van der Waals surface area contributed by atoms with Gasteiger partial charge in [0, 0.05) is 5.56 Å². The van der Waals surface area contributed by atoms with Gasteiger partial charge in [-0.25, -0.2) is 4.79 Å². The SMILES string of the molecule is COC(=O)C(C#N)=C(OC)c1ccc(C)cc1. The van der Waals surface area contributed by atoms with Crippen molar-refractivity contribution in [3.05, 3.63) is 41.0 Å². The van der Waals surface area contributed by atoms with Crippen LogP contribution in [0.5, 0.6) is 0 Å². The largest absolute Gasteiger partial charge is 0.494 e. The minimum absolute atomic E-state index is 0.140. The third kappa shape index (κ3) is 2.85. The van der Waals surface area contributed by atoms with Gasteiger partial charge in [-0.2, -0.15) is 5.26 Å². The lowest BCUT2D eigenvalue weighted by molar-refractivity contribution is -0.135. The van der Waals surface area contributed by atoms with Gasteiger partial charge in [0.2, 0.25) is 0 Å². The van der Waals surface area contributed by atoms with E-state index in [0.717, 1.165) is 5.56 Å². The Morgan fingerprint density at radius 1 is 1.18 bits per heavy atom. The minimum atomic E-state index is -0.704. The van der Waals surface area contributed by atoms with Gasteiger partial charge in [-0.05, 0) is 6.92 Å². The van der Waals surface area contributed by atoms with Crippen molar-refractivity contribution in [3.63, 3.8) is 0 Å². The zero-order chi connectivity index (χ0) is 12.8. The highest BCUT2D eigenvalue weighted by Gasteiger charge is 2.18. The summed E-state index contributed by atoms with van der Waals surface area (Å²) in [6.45, 7) is 1.95. The molecule has 0 aliphatic rings. The molecule has 17 heavy (non-hydrogen) atoms. The Kier molecular flexibility index (Phi) is 4.29. The molecule has 0 atom stereocenters. The maximum Gasteiger partial charge on any atom is 0.352 e. The van der Waals surface area contributed by atoms with Crippen molar-refractivity contribution in [1.82, 2.24) is 0 Å². The van der Waals surface area contributed by atoms with Crippen molar-refractivity contribution in [2.75, 3.05) is 14.2 Å². The molecule has 1 aromatic carbocycles. The number of carbonyl (C=O) groups excluding carboxylic acids is 1. The number of hydrogen-bond acceptors (Lipinski definition) is 4. The van der Waals surface area contributed by atoms with Gasteiger partial charge >= 0.3 is 5.97 Å². The van der Waals surface area contributed by atoms with Crippen molar-refractivity contribution in [2.45, 2.75) is 6.92 Å². The van der Waals surface area contributed by atoms with E-state index in [4.69, 9.17) is 10.00 Å². The predicted molar refractivity (Wildman–Crippen MR) is 62.7 cm³/mol. The Balaban J connectivity index is 3.30. The number of aryl methyl sites for hydroxylation is 1. The lowest BCUT2D eigenvalue weighted by atomic mass is 10.1. The zero-order valence-electron chi connectivity index (χ0n) is 9.98. The van der Waals surface area contributed by atoms with E-state index >= 15 is 0 Å². The summed E-state index contributed by atoms with van der Waals surface area (Å²) in [5.74, 6) is -0.482. The minimum Gasteiger partial charge on any atom is -0.494 e. The van der Waals surface area contributed by atoms with Crippen molar-refractivity contribution >= 4 is 11.7 Å². The molecule has 0 fully saturated rings. The Hall–Kier alpha value is -2.28. The maximum absolute atomic E-state index is 11.4. The average molecular weight is 231 g/mol. The highest BCUT2D eigenvalue weighted by molar-refractivity contribution is 6.00. The van der Waals surface area contributed by atoms with Crippen molar-refractivity contribution in [2.24, 2.45) is 0 Å². The maximum atomic E-state index is 11.4. The lowest BCUT2D eigenvalue weighted by Gasteiger charge is -2.08. The lowest BCUT2D eigenvalue weighted by Crippen LogP contribution is -2.07. The fourth-order valence-corrected chi connectivity index (χ4v) is 1.36. The molecule has 0 aliphatic heterocycles. The molecule has 4 heteroatoms. The molecule has 0 spiro atoms. The standard InChI is InChI=1S/C13H13NO3/c1-9-4-6-10(7-5-9)12(16-2)11(8-14)13(15)17-3/h4-7H,1-3H3. The second kappa shape index (κ2) is 5.71. The fraction of sp³-hybridized carbons (Fsp3) is 0.231. The molecule has 0 heterocycles. The summed E-state index contributed by atoms with van der Waals surface area (Å²) < 4.78 is 9.64. The molecule has 0 saturated heterocycles. The molecule has 4 nitrogen and oxygen atoms in total. The van der Waals surface area contributed by atoms with Crippen LogP contribution in [-0.4, -0.2) is 20.2 Å². The number of nitrogens with zero attached hydrogens (tertiary/aromatic N) is 1. The first-order valence-electron chi connectivity index (χ1n) is 4.97. The summed E-state index contributed by atoms with van der Waals surface area (Å²) >= 11 is 0. The van der Waals surface area contributed by atoms with Crippen molar-refractivity contribution < 1.29 is 14.3 Å². The van der Waals surface area contributed by atoms with Gasteiger partial charge in [0.1, 0.15) is 6.07 Å². The van der Waals surface area contributed by atoms with Crippen LogP contribution in [0.15, 0.2) is 29.8 Å². The Morgan fingerprint density at radius 3 is 2.18 bits per heavy atom. The summed E-state index contributed by atoms with van der Waals surface area (Å²) in [6.07, 6.45) is 0. The third-order valence-corrected chi connectivity index (χ3v) is 2.25. The number of carbonyl (C=O) groups is 1. The Labute approximate surface area is 100 Å². The summed E-state index contributed by atoms with van der Waals surface area (Å²) in [4.78, 5) is 11.4. The number of rotatable bonds is 3. The molecule has 0 aliphatic carbocycles. The molecule has 0 bridgehead atoms. The first-order valence-corrected chi connectivity index (χ1v) is 4.97. The Morgan fingerprint density at radius 2 is 1.76 bits per heavy atom. The van der Waals surface area contributed by atoms with E-state index in [0.29, 0.717) is 5.56 Å². The second-order valence-electron chi connectivity index (χ2n) is 3.38. The van der Waals surface area contributed by atoms with Crippen LogP contribution < -0.4 is 0 Å². The number of esters is 1. The van der Waals surface area contributed by atoms with Gasteiger partial charge in [-0.3, -0.25) is 0 Å². The summed E-state index contributed by atoms with van der Waals surface area (Å²) in [7, 11) is 2.64. The summed E-state index contributed by atoms with van der Waals surface area (Å²) in [5, 5.41) is 8.96. The predicted octanol–water partition coefficient (Wildman–Crippen LogP) is 2.05. The monoisotopic (exact) mass is 231 g/mol. The molecule has 0 saturated carbocycles. The third-order valence-electron chi connectivity index (χ3n) is 2.25. The molecular formula is C13H13NO3. The quantitative estimate of drug-likeness (QED) is 0.346. The van der Waals surface area contributed by atoms with Crippen LogP contribution in [0.1, 0.15) is 11.1 Å². The van der Waals surface area contributed by atoms with Crippen molar-refractivity contribution in [1.29, 1.82) is 5.26 Å². The van der Waals surface area contributed by atoms with Gasteiger partial charge in [-0.15, -0.1) is 0 Å². The van der Waals surface area contributed by atoms with E-state index in [1.807, 2.05) is 19.1 Å². The number of nitriles is 1.